The third-order valence-corrected chi connectivity index (χ3v) is 2.88. The van der Waals surface area contributed by atoms with Gasteiger partial charge in [0.25, 0.3) is 0 Å². The molecule has 0 aromatic heterocycles. The molecule has 0 amide bonds. The van der Waals surface area contributed by atoms with Gasteiger partial charge in [-0.05, 0) is 42.4 Å². The molecular formula is C12H16O. The Morgan fingerprint density at radius 3 is 3.00 bits per heavy atom. The molecule has 0 saturated heterocycles. The maximum Gasteiger partial charge on any atom is 0.0583 e. The first kappa shape index (κ1) is 8.76. The van der Waals surface area contributed by atoms with Crippen molar-refractivity contribution in [3.05, 3.63) is 34.9 Å². The highest BCUT2D eigenvalue weighted by Gasteiger charge is 2.15. The molecule has 0 spiro atoms. The van der Waals surface area contributed by atoms with Crippen molar-refractivity contribution in [2.24, 2.45) is 0 Å². The Morgan fingerprint density at radius 1 is 1.38 bits per heavy atom. The van der Waals surface area contributed by atoms with Gasteiger partial charge < -0.3 is 5.11 Å². The largest absolute Gasteiger partial charge is 0.393 e. The van der Waals surface area contributed by atoms with Gasteiger partial charge >= 0.3 is 0 Å². The predicted molar refractivity (Wildman–Crippen MR) is 53.9 cm³/mol. The predicted octanol–water partition coefficient (Wildman–Crippen LogP) is 2.10. The van der Waals surface area contributed by atoms with Crippen LogP contribution in [0.1, 0.15) is 30.0 Å². The lowest BCUT2D eigenvalue weighted by molar-refractivity contribution is 0.158. The maximum absolute atomic E-state index is 9.48. The minimum atomic E-state index is -0.111. The topological polar surface area (TPSA) is 20.2 Å². The lowest BCUT2D eigenvalue weighted by Gasteiger charge is -2.20. The van der Waals surface area contributed by atoms with Crippen molar-refractivity contribution in [2.45, 2.75) is 38.7 Å². The van der Waals surface area contributed by atoms with Crippen LogP contribution < -0.4 is 0 Å². The minimum absolute atomic E-state index is 0.111. The van der Waals surface area contributed by atoms with Crippen molar-refractivity contribution in [1.29, 1.82) is 0 Å². The number of rotatable bonds is 1. The Labute approximate surface area is 79.4 Å². The molecule has 0 heterocycles. The third-order valence-electron chi connectivity index (χ3n) is 2.88. The standard InChI is InChI=1S/C12H16O/c1-2-9-3-4-11-8-12(13)6-5-10(11)7-9/h3-4,7,12-13H,2,5-6,8H2,1H3. The highest BCUT2D eigenvalue weighted by atomic mass is 16.3. The average molecular weight is 176 g/mol. The van der Waals surface area contributed by atoms with E-state index in [1.165, 1.54) is 16.7 Å². The second kappa shape index (κ2) is 3.51. The van der Waals surface area contributed by atoms with E-state index in [9.17, 15) is 5.11 Å². The van der Waals surface area contributed by atoms with Gasteiger partial charge in [-0.25, -0.2) is 0 Å². The molecule has 1 atom stereocenters. The molecule has 0 radical (unpaired) electrons. The van der Waals surface area contributed by atoms with E-state index in [0.29, 0.717) is 0 Å². The number of fused-ring (bicyclic) bond motifs is 1. The summed E-state index contributed by atoms with van der Waals surface area (Å²) in [6.45, 7) is 2.18. The first-order chi connectivity index (χ1) is 6.29. The fourth-order valence-electron chi connectivity index (χ4n) is 2.01. The number of hydrogen-bond donors (Lipinski definition) is 1. The van der Waals surface area contributed by atoms with Gasteiger partial charge in [0, 0.05) is 0 Å². The van der Waals surface area contributed by atoms with Crippen LogP contribution in [-0.4, -0.2) is 11.2 Å². The molecular weight excluding hydrogens is 160 g/mol. The van der Waals surface area contributed by atoms with Crippen LogP contribution in [0.5, 0.6) is 0 Å². The minimum Gasteiger partial charge on any atom is -0.393 e. The summed E-state index contributed by atoms with van der Waals surface area (Å²) in [5, 5.41) is 9.48. The SMILES string of the molecule is CCc1ccc2c(c1)CCC(O)C2. The Kier molecular flexibility index (Phi) is 2.36. The molecule has 1 nitrogen and oxygen atoms in total. The van der Waals surface area contributed by atoms with Crippen LogP contribution in [0, 0.1) is 0 Å². The van der Waals surface area contributed by atoms with Crippen LogP contribution in [0.15, 0.2) is 18.2 Å². The fourth-order valence-corrected chi connectivity index (χ4v) is 2.01. The molecule has 13 heavy (non-hydrogen) atoms. The number of aliphatic hydroxyl groups excluding tert-OH is 1. The number of aryl methyl sites for hydroxylation is 2. The summed E-state index contributed by atoms with van der Waals surface area (Å²) in [5.74, 6) is 0. The molecule has 1 unspecified atom stereocenters. The van der Waals surface area contributed by atoms with Crippen LogP contribution in [0.4, 0.5) is 0 Å². The number of benzene rings is 1. The summed E-state index contributed by atoms with van der Waals surface area (Å²) in [5.41, 5.74) is 4.20. The quantitative estimate of drug-likeness (QED) is 0.694. The zero-order valence-corrected chi connectivity index (χ0v) is 8.09. The van der Waals surface area contributed by atoms with Gasteiger partial charge in [-0.3, -0.25) is 0 Å². The van der Waals surface area contributed by atoms with Crippen molar-refractivity contribution >= 4 is 0 Å². The molecule has 0 fully saturated rings. The van der Waals surface area contributed by atoms with Crippen LogP contribution >= 0.6 is 0 Å². The van der Waals surface area contributed by atoms with E-state index in [4.69, 9.17) is 0 Å². The van der Waals surface area contributed by atoms with Crippen LogP contribution in [0.2, 0.25) is 0 Å². The first-order valence-electron chi connectivity index (χ1n) is 5.08. The van der Waals surface area contributed by atoms with Crippen LogP contribution in [0.3, 0.4) is 0 Å². The van der Waals surface area contributed by atoms with E-state index < -0.39 is 0 Å². The van der Waals surface area contributed by atoms with E-state index >= 15 is 0 Å². The Bertz CT molecular complexity index is 304. The van der Waals surface area contributed by atoms with Crippen molar-refractivity contribution in [1.82, 2.24) is 0 Å². The second-order valence-corrected chi connectivity index (χ2v) is 3.85. The van der Waals surface area contributed by atoms with Crippen molar-refractivity contribution in [2.75, 3.05) is 0 Å². The van der Waals surface area contributed by atoms with E-state index in [0.717, 1.165) is 25.7 Å². The zero-order valence-electron chi connectivity index (χ0n) is 8.09. The second-order valence-electron chi connectivity index (χ2n) is 3.85. The lowest BCUT2D eigenvalue weighted by Crippen LogP contribution is -2.18. The first-order valence-corrected chi connectivity index (χ1v) is 5.08. The molecule has 1 aliphatic carbocycles. The molecule has 1 aliphatic rings. The Balaban J connectivity index is 2.31. The van der Waals surface area contributed by atoms with E-state index in [-0.39, 0.29) is 6.10 Å². The van der Waals surface area contributed by atoms with Gasteiger partial charge in [-0.15, -0.1) is 0 Å². The average Bonchev–Trinajstić information content (AvgIpc) is 2.17. The van der Waals surface area contributed by atoms with E-state index in [2.05, 4.69) is 25.1 Å². The fraction of sp³-hybridized carbons (Fsp3) is 0.500. The molecule has 1 aromatic carbocycles. The van der Waals surface area contributed by atoms with Crippen molar-refractivity contribution in [3.63, 3.8) is 0 Å². The van der Waals surface area contributed by atoms with E-state index in [1.54, 1.807) is 0 Å². The van der Waals surface area contributed by atoms with Crippen LogP contribution in [-0.2, 0) is 19.3 Å². The summed E-state index contributed by atoms with van der Waals surface area (Å²) in [6.07, 6.45) is 3.82. The maximum atomic E-state index is 9.48. The summed E-state index contributed by atoms with van der Waals surface area (Å²) in [6, 6.07) is 6.65. The number of hydrogen-bond acceptors (Lipinski definition) is 1. The summed E-state index contributed by atoms with van der Waals surface area (Å²) in [4.78, 5) is 0. The molecule has 2 rings (SSSR count). The molecule has 1 N–H and O–H groups in total. The van der Waals surface area contributed by atoms with Crippen molar-refractivity contribution in [3.8, 4) is 0 Å². The summed E-state index contributed by atoms with van der Waals surface area (Å²) in [7, 11) is 0. The normalized spacial score (nSPS) is 21.2. The monoisotopic (exact) mass is 176 g/mol. The Morgan fingerprint density at radius 2 is 2.23 bits per heavy atom. The Hall–Kier alpha value is -0.820. The zero-order chi connectivity index (χ0) is 9.26. The van der Waals surface area contributed by atoms with E-state index in [1.807, 2.05) is 0 Å². The van der Waals surface area contributed by atoms with Crippen LogP contribution in [0.25, 0.3) is 0 Å². The molecule has 0 aliphatic heterocycles. The van der Waals surface area contributed by atoms with Gasteiger partial charge in [0.1, 0.15) is 0 Å². The van der Waals surface area contributed by atoms with Crippen molar-refractivity contribution < 1.29 is 5.11 Å². The summed E-state index contributed by atoms with van der Waals surface area (Å²) >= 11 is 0. The third kappa shape index (κ3) is 1.75. The van der Waals surface area contributed by atoms with Gasteiger partial charge in [-0.2, -0.15) is 0 Å². The molecule has 0 bridgehead atoms. The number of aliphatic hydroxyl groups is 1. The molecule has 70 valence electrons. The molecule has 1 heteroatoms. The van der Waals surface area contributed by atoms with Gasteiger partial charge in [-0.1, -0.05) is 25.1 Å². The molecule has 1 aromatic rings. The smallest absolute Gasteiger partial charge is 0.0583 e. The highest BCUT2D eigenvalue weighted by Crippen LogP contribution is 2.22. The summed E-state index contributed by atoms with van der Waals surface area (Å²) < 4.78 is 0. The van der Waals surface area contributed by atoms with Gasteiger partial charge in [0.2, 0.25) is 0 Å². The van der Waals surface area contributed by atoms with Gasteiger partial charge in [0.05, 0.1) is 6.10 Å². The van der Waals surface area contributed by atoms with Gasteiger partial charge in [0.15, 0.2) is 0 Å². The lowest BCUT2D eigenvalue weighted by atomic mass is 9.88. The highest BCUT2D eigenvalue weighted by molar-refractivity contribution is 5.34. The molecule has 0 saturated carbocycles.